The monoisotopic (exact) mass is 486 g/mol. The Balaban J connectivity index is 1.92. The number of sulfone groups is 1. The molecule has 2 heterocycles. The normalized spacial score (nSPS) is 14.3. The predicted octanol–water partition coefficient (Wildman–Crippen LogP) is 3.02. The molecule has 2 aromatic carbocycles. The number of carbonyl (C=O) groups excluding carboxylic acids is 2. The fourth-order valence-corrected chi connectivity index (χ4v) is 4.98. The summed E-state index contributed by atoms with van der Waals surface area (Å²) in [5.41, 5.74) is 1.94. The summed E-state index contributed by atoms with van der Waals surface area (Å²) in [5, 5.41) is 13.4. The lowest BCUT2D eigenvalue weighted by molar-refractivity contribution is -0.125. The van der Waals surface area contributed by atoms with Crippen molar-refractivity contribution < 1.29 is 27.9 Å². The van der Waals surface area contributed by atoms with Gasteiger partial charge in [-0.1, -0.05) is 35.9 Å². The molecule has 1 aromatic heterocycles. The molecule has 0 unspecified atom stereocenters. The van der Waals surface area contributed by atoms with E-state index in [9.17, 15) is 27.9 Å². The number of fused-ring (bicyclic) bond motifs is 1. The van der Waals surface area contributed by atoms with Gasteiger partial charge in [0, 0.05) is 46.1 Å². The first-order chi connectivity index (χ1) is 15.5. The Bertz CT molecular complexity index is 1470. The van der Waals surface area contributed by atoms with E-state index in [1.165, 1.54) is 6.20 Å². The van der Waals surface area contributed by atoms with Crippen molar-refractivity contribution in [1.82, 2.24) is 9.88 Å². The molecule has 0 aliphatic carbocycles. The molecule has 0 saturated carbocycles. The van der Waals surface area contributed by atoms with Crippen molar-refractivity contribution in [1.29, 1.82) is 0 Å². The van der Waals surface area contributed by atoms with Gasteiger partial charge in [-0.05, 0) is 29.3 Å². The number of hydrogen-bond acceptors (Lipinski definition) is 5. The van der Waals surface area contributed by atoms with Crippen molar-refractivity contribution in [2.45, 2.75) is 18.7 Å². The van der Waals surface area contributed by atoms with Crippen molar-refractivity contribution in [3.05, 3.63) is 76.1 Å². The molecule has 4 rings (SSSR count). The number of nitrogens with one attached hydrogen (secondary N) is 1. The molecule has 2 N–H and O–H groups in total. The topological polar surface area (TPSA) is 123 Å². The summed E-state index contributed by atoms with van der Waals surface area (Å²) >= 11 is 6.19. The van der Waals surface area contributed by atoms with E-state index in [0.29, 0.717) is 27.1 Å². The van der Waals surface area contributed by atoms with Gasteiger partial charge in [-0.2, -0.15) is 0 Å². The highest BCUT2D eigenvalue weighted by Gasteiger charge is 2.30. The lowest BCUT2D eigenvalue weighted by atomic mass is 9.95. The van der Waals surface area contributed by atoms with Gasteiger partial charge in [-0.25, -0.2) is 13.2 Å². The van der Waals surface area contributed by atoms with Gasteiger partial charge >= 0.3 is 5.97 Å². The van der Waals surface area contributed by atoms with Crippen LogP contribution in [0.2, 0.25) is 5.02 Å². The van der Waals surface area contributed by atoms with E-state index in [-0.39, 0.29) is 35.5 Å². The molecule has 10 heteroatoms. The standard InChI is InChI=1S/C23H19ClN2O6S/c1-33(31,32)12-14-4-2-3-13(7-14)11-26-18-6-5-15(24)8-16(18)21(22(26)23(29)30)17-10-25-20(28)9-19(17)27/h2-8,10H,9,11-12H2,1H3,(H,25,28)(H,29,30). The van der Waals surface area contributed by atoms with E-state index >= 15 is 0 Å². The largest absolute Gasteiger partial charge is 0.477 e. The first kappa shape index (κ1) is 22.8. The summed E-state index contributed by atoms with van der Waals surface area (Å²) in [5.74, 6) is -2.35. The number of aromatic carboxylic acids is 1. The summed E-state index contributed by atoms with van der Waals surface area (Å²) in [7, 11) is -3.24. The van der Waals surface area contributed by atoms with E-state index in [2.05, 4.69) is 5.32 Å². The molecule has 0 saturated heterocycles. The van der Waals surface area contributed by atoms with Crippen molar-refractivity contribution in [2.75, 3.05) is 6.26 Å². The highest BCUT2D eigenvalue weighted by Crippen LogP contribution is 2.35. The minimum Gasteiger partial charge on any atom is -0.477 e. The Hall–Kier alpha value is -3.43. The van der Waals surface area contributed by atoms with Gasteiger partial charge < -0.3 is 15.0 Å². The van der Waals surface area contributed by atoms with Crippen molar-refractivity contribution in [3.8, 4) is 0 Å². The third-order valence-electron chi connectivity index (χ3n) is 5.26. The summed E-state index contributed by atoms with van der Waals surface area (Å²) < 4.78 is 24.9. The molecule has 3 aromatic rings. The van der Waals surface area contributed by atoms with Crippen LogP contribution in [0.1, 0.15) is 33.6 Å². The average Bonchev–Trinajstić information content (AvgIpc) is 3.00. The van der Waals surface area contributed by atoms with Gasteiger partial charge in [0.15, 0.2) is 15.6 Å². The zero-order valence-electron chi connectivity index (χ0n) is 17.5. The third-order valence-corrected chi connectivity index (χ3v) is 6.35. The van der Waals surface area contributed by atoms with Crippen LogP contribution >= 0.6 is 11.6 Å². The lowest BCUT2D eigenvalue weighted by Crippen LogP contribution is -2.28. The molecule has 33 heavy (non-hydrogen) atoms. The van der Waals surface area contributed by atoms with Crippen LogP contribution in [0, 0.1) is 0 Å². The maximum atomic E-state index is 12.6. The summed E-state index contributed by atoms with van der Waals surface area (Å²) in [6.07, 6.45) is 1.99. The molecule has 8 nitrogen and oxygen atoms in total. The number of carbonyl (C=O) groups is 3. The summed E-state index contributed by atoms with van der Waals surface area (Å²) in [6.45, 7) is 0.116. The zero-order valence-corrected chi connectivity index (χ0v) is 19.0. The SMILES string of the molecule is CS(=O)(=O)Cc1cccc(Cn2c(C(=O)O)c(C3=CNC(=O)CC3=O)c3cc(Cl)ccc32)c1. The Morgan fingerprint density at radius 2 is 1.88 bits per heavy atom. The molecule has 0 spiro atoms. The number of benzene rings is 2. The number of carboxylic acids is 1. The highest BCUT2D eigenvalue weighted by molar-refractivity contribution is 7.89. The minimum absolute atomic E-state index is 0.0869. The number of allylic oxidation sites excluding steroid dienone is 1. The average molecular weight is 487 g/mol. The quantitative estimate of drug-likeness (QED) is 0.516. The van der Waals surface area contributed by atoms with Gasteiger partial charge in [0.2, 0.25) is 5.91 Å². The maximum absolute atomic E-state index is 12.6. The number of ketones is 1. The van der Waals surface area contributed by atoms with Crippen LogP contribution in [-0.4, -0.2) is 42.0 Å². The van der Waals surface area contributed by atoms with E-state index < -0.39 is 27.5 Å². The molecule has 1 aliphatic rings. The van der Waals surface area contributed by atoms with Crippen LogP contribution in [0.4, 0.5) is 0 Å². The van der Waals surface area contributed by atoms with E-state index in [4.69, 9.17) is 11.6 Å². The van der Waals surface area contributed by atoms with E-state index in [0.717, 1.165) is 6.26 Å². The zero-order chi connectivity index (χ0) is 23.9. The second kappa shape index (κ2) is 8.49. The molecule has 0 radical (unpaired) electrons. The number of nitrogens with zero attached hydrogens (tertiary/aromatic N) is 1. The number of amides is 1. The van der Waals surface area contributed by atoms with Crippen LogP contribution in [-0.2, 0) is 31.7 Å². The Labute approximate surface area is 194 Å². The maximum Gasteiger partial charge on any atom is 0.353 e. The molecule has 1 aliphatic heterocycles. The number of hydrogen-bond donors (Lipinski definition) is 2. The van der Waals surface area contributed by atoms with E-state index in [1.54, 1.807) is 47.0 Å². The Kier molecular flexibility index (Phi) is 5.85. The van der Waals surface area contributed by atoms with Crippen LogP contribution in [0.3, 0.4) is 0 Å². The highest BCUT2D eigenvalue weighted by atomic mass is 35.5. The number of rotatable bonds is 6. The molecular formula is C23H19ClN2O6S. The number of aromatic nitrogens is 1. The van der Waals surface area contributed by atoms with Crippen molar-refractivity contribution in [3.63, 3.8) is 0 Å². The van der Waals surface area contributed by atoms with Crippen molar-refractivity contribution in [2.24, 2.45) is 0 Å². The van der Waals surface area contributed by atoms with Gasteiger partial charge in [0.1, 0.15) is 5.69 Å². The number of halogens is 1. The predicted molar refractivity (Wildman–Crippen MR) is 124 cm³/mol. The van der Waals surface area contributed by atoms with Gasteiger partial charge in [0.05, 0.1) is 12.2 Å². The van der Waals surface area contributed by atoms with Gasteiger partial charge in [0.25, 0.3) is 0 Å². The first-order valence-corrected chi connectivity index (χ1v) is 12.3. The molecule has 0 bridgehead atoms. The fraction of sp³-hybridized carbons (Fsp3) is 0.174. The fourth-order valence-electron chi connectivity index (χ4n) is 4.03. The van der Waals surface area contributed by atoms with E-state index in [1.807, 2.05) is 0 Å². The molecule has 0 fully saturated rings. The Morgan fingerprint density at radius 3 is 2.55 bits per heavy atom. The second-order valence-corrected chi connectivity index (χ2v) is 10.5. The van der Waals surface area contributed by atoms with Gasteiger partial charge in [-0.15, -0.1) is 0 Å². The number of Topliss-reactive ketones (excluding diaryl/α,β-unsaturated/α-hetero) is 1. The third kappa shape index (κ3) is 4.69. The smallest absolute Gasteiger partial charge is 0.353 e. The van der Waals surface area contributed by atoms with Crippen molar-refractivity contribution >= 4 is 55.6 Å². The van der Waals surface area contributed by atoms with Crippen LogP contribution in [0.25, 0.3) is 16.5 Å². The summed E-state index contributed by atoms with van der Waals surface area (Å²) in [6, 6.07) is 11.7. The number of carboxylic acid groups (broad SMARTS) is 1. The van der Waals surface area contributed by atoms with Gasteiger partial charge in [-0.3, -0.25) is 9.59 Å². The lowest BCUT2D eigenvalue weighted by Gasteiger charge is -2.14. The molecular weight excluding hydrogens is 468 g/mol. The Morgan fingerprint density at radius 1 is 1.15 bits per heavy atom. The first-order valence-electron chi connectivity index (χ1n) is 9.87. The van der Waals surface area contributed by atoms with Crippen LogP contribution < -0.4 is 5.32 Å². The second-order valence-electron chi connectivity index (χ2n) is 7.89. The summed E-state index contributed by atoms with van der Waals surface area (Å²) in [4.78, 5) is 36.6. The molecule has 1 amide bonds. The van der Waals surface area contributed by atoms with Crippen LogP contribution in [0.5, 0.6) is 0 Å². The minimum atomic E-state index is -3.24. The van der Waals surface area contributed by atoms with Crippen LogP contribution in [0.15, 0.2) is 48.7 Å². The molecule has 170 valence electrons. The molecule has 0 atom stereocenters.